The quantitative estimate of drug-likeness (QED) is 0.506. The van der Waals surface area contributed by atoms with Crippen LogP contribution in [0.5, 0.6) is 0 Å². The van der Waals surface area contributed by atoms with E-state index in [1.807, 2.05) is 0 Å². The maximum absolute atomic E-state index is 10.1. The van der Waals surface area contributed by atoms with Gasteiger partial charge in [-0.3, -0.25) is 0 Å². The molecule has 0 aliphatic heterocycles. The van der Waals surface area contributed by atoms with E-state index in [4.69, 9.17) is 4.43 Å². The molecular formula is C16H36O2Si2. The minimum atomic E-state index is -1.63. The maximum atomic E-state index is 10.1. The van der Waals surface area contributed by atoms with Crippen molar-refractivity contribution in [3.8, 4) is 0 Å². The topological polar surface area (TPSA) is 29.5 Å². The van der Waals surface area contributed by atoms with E-state index in [2.05, 4.69) is 60.1 Å². The molecule has 4 heteroatoms. The van der Waals surface area contributed by atoms with Gasteiger partial charge in [0.15, 0.2) is 8.32 Å². The zero-order valence-electron chi connectivity index (χ0n) is 15.0. The highest BCUT2D eigenvalue weighted by Gasteiger charge is 2.36. The minimum absolute atomic E-state index is 0.253. The van der Waals surface area contributed by atoms with E-state index in [1.165, 1.54) is 5.20 Å². The van der Waals surface area contributed by atoms with E-state index in [-0.39, 0.29) is 11.1 Å². The Bertz CT molecular complexity index is 311. The van der Waals surface area contributed by atoms with Crippen molar-refractivity contribution in [3.63, 3.8) is 0 Å². The third kappa shape index (κ3) is 7.20. The molecule has 0 bridgehead atoms. The van der Waals surface area contributed by atoms with Crippen LogP contribution in [0.2, 0.25) is 37.8 Å². The summed E-state index contributed by atoms with van der Waals surface area (Å²) in [6.07, 6.45) is 2.26. The Hall–Kier alpha value is 0.0938. The lowest BCUT2D eigenvalue weighted by atomic mass is 10.1. The number of rotatable bonds is 8. The Balaban J connectivity index is 4.00. The van der Waals surface area contributed by atoms with E-state index in [1.54, 1.807) is 0 Å². The molecule has 0 heterocycles. The first-order chi connectivity index (χ1) is 8.77. The van der Waals surface area contributed by atoms with Crippen molar-refractivity contribution >= 4 is 16.4 Å². The average Bonchev–Trinajstić information content (AvgIpc) is 2.21. The third-order valence-corrected chi connectivity index (χ3v) is 11.4. The lowest BCUT2D eigenvalue weighted by Gasteiger charge is -2.36. The van der Waals surface area contributed by atoms with Gasteiger partial charge < -0.3 is 9.53 Å². The van der Waals surface area contributed by atoms with Crippen molar-refractivity contribution in [1.29, 1.82) is 0 Å². The van der Waals surface area contributed by atoms with Gasteiger partial charge in [0.2, 0.25) is 0 Å². The van der Waals surface area contributed by atoms with Crippen molar-refractivity contribution in [2.75, 3.05) is 6.61 Å². The first-order valence-electron chi connectivity index (χ1n) is 7.77. The second kappa shape index (κ2) is 7.38. The van der Waals surface area contributed by atoms with Gasteiger partial charge in [-0.05, 0) is 37.4 Å². The van der Waals surface area contributed by atoms with Crippen molar-refractivity contribution in [2.24, 2.45) is 0 Å². The molecule has 0 aromatic rings. The van der Waals surface area contributed by atoms with Gasteiger partial charge in [0.1, 0.15) is 0 Å². The fourth-order valence-corrected chi connectivity index (χ4v) is 3.49. The highest BCUT2D eigenvalue weighted by Crippen LogP contribution is 2.36. The Kier molecular flexibility index (Phi) is 7.42. The monoisotopic (exact) mass is 316 g/mol. The van der Waals surface area contributed by atoms with Gasteiger partial charge in [-0.15, -0.1) is 6.58 Å². The molecule has 120 valence electrons. The van der Waals surface area contributed by atoms with Gasteiger partial charge in [0.25, 0.3) is 0 Å². The van der Waals surface area contributed by atoms with E-state index in [9.17, 15) is 5.11 Å². The van der Waals surface area contributed by atoms with E-state index >= 15 is 0 Å². The fourth-order valence-electron chi connectivity index (χ4n) is 1.56. The number of hydrogen-bond donors (Lipinski definition) is 1. The molecule has 1 N–H and O–H groups in total. The van der Waals surface area contributed by atoms with Gasteiger partial charge in [0, 0.05) is 6.61 Å². The van der Waals surface area contributed by atoms with Gasteiger partial charge in [-0.1, -0.05) is 45.6 Å². The molecule has 0 saturated carbocycles. The van der Waals surface area contributed by atoms with Crippen LogP contribution in [0.4, 0.5) is 0 Å². The molecule has 0 amide bonds. The molecule has 1 unspecified atom stereocenters. The molecule has 0 spiro atoms. The highest BCUT2D eigenvalue weighted by atomic mass is 28.4. The molecule has 0 aromatic carbocycles. The molecule has 2 nitrogen and oxygen atoms in total. The largest absolute Gasteiger partial charge is 0.417 e. The van der Waals surface area contributed by atoms with Crippen LogP contribution in [0, 0.1) is 0 Å². The second-order valence-electron chi connectivity index (χ2n) is 8.46. The number of aliphatic hydroxyl groups is 1. The van der Waals surface area contributed by atoms with E-state index in [0.717, 1.165) is 25.9 Å². The minimum Gasteiger partial charge on any atom is -0.417 e. The summed E-state index contributed by atoms with van der Waals surface area (Å²) in [4.78, 5) is 0. The SMILES string of the molecule is C=C(CC(O)CCCO[Si](C)(C)C(C)(C)C)[Si](C)(C)C. The smallest absolute Gasteiger partial charge is 0.191 e. The van der Waals surface area contributed by atoms with E-state index in [0.29, 0.717) is 0 Å². The van der Waals surface area contributed by atoms with Crippen LogP contribution < -0.4 is 0 Å². The summed E-state index contributed by atoms with van der Waals surface area (Å²) in [5.41, 5.74) is 0. The molecule has 0 aromatic heterocycles. The molecule has 20 heavy (non-hydrogen) atoms. The van der Waals surface area contributed by atoms with Gasteiger partial charge >= 0.3 is 0 Å². The van der Waals surface area contributed by atoms with E-state index < -0.39 is 16.4 Å². The Labute approximate surface area is 128 Å². The number of aliphatic hydroxyl groups excluding tert-OH is 1. The summed E-state index contributed by atoms with van der Waals surface area (Å²) in [6, 6.07) is 0. The third-order valence-electron chi connectivity index (χ3n) is 4.49. The van der Waals surface area contributed by atoms with Crippen LogP contribution >= 0.6 is 0 Å². The summed E-state index contributed by atoms with van der Waals surface area (Å²) in [6.45, 7) is 23.1. The Morgan fingerprint density at radius 2 is 1.65 bits per heavy atom. The molecule has 0 aliphatic carbocycles. The molecular weight excluding hydrogens is 280 g/mol. The average molecular weight is 317 g/mol. The van der Waals surface area contributed by atoms with Crippen LogP contribution in [0.1, 0.15) is 40.0 Å². The van der Waals surface area contributed by atoms with Crippen LogP contribution in [-0.2, 0) is 4.43 Å². The van der Waals surface area contributed by atoms with Crippen LogP contribution in [-0.4, -0.2) is 34.2 Å². The lowest BCUT2D eigenvalue weighted by molar-refractivity contribution is 0.152. The second-order valence-corrected chi connectivity index (χ2v) is 18.5. The summed E-state index contributed by atoms with van der Waals surface area (Å²) in [5, 5.41) is 11.6. The molecule has 0 fully saturated rings. The normalized spacial score (nSPS) is 15.2. The first kappa shape index (κ1) is 20.1. The molecule has 0 radical (unpaired) electrons. The van der Waals surface area contributed by atoms with Crippen molar-refractivity contribution in [2.45, 2.75) is 83.9 Å². The van der Waals surface area contributed by atoms with Crippen LogP contribution in [0.25, 0.3) is 0 Å². The fraction of sp³-hybridized carbons (Fsp3) is 0.875. The zero-order valence-corrected chi connectivity index (χ0v) is 17.0. The van der Waals surface area contributed by atoms with Crippen molar-refractivity contribution in [3.05, 3.63) is 11.8 Å². The molecule has 1 atom stereocenters. The number of hydrogen-bond acceptors (Lipinski definition) is 2. The standard InChI is InChI=1S/C16H36O2Si2/c1-14(19(5,6)7)13-15(17)11-10-12-18-20(8,9)16(2,3)4/h15,17H,1,10-13H2,2-9H3. The van der Waals surface area contributed by atoms with Crippen LogP contribution in [0.15, 0.2) is 11.8 Å². The molecule has 0 rings (SSSR count). The Morgan fingerprint density at radius 3 is 2.05 bits per heavy atom. The van der Waals surface area contributed by atoms with Gasteiger partial charge in [0.05, 0.1) is 14.2 Å². The lowest BCUT2D eigenvalue weighted by Crippen LogP contribution is -2.41. The van der Waals surface area contributed by atoms with Gasteiger partial charge in [-0.2, -0.15) is 0 Å². The first-order valence-corrected chi connectivity index (χ1v) is 14.2. The molecule has 0 saturated heterocycles. The summed E-state index contributed by atoms with van der Waals surface area (Å²) >= 11 is 0. The van der Waals surface area contributed by atoms with Crippen LogP contribution in [0.3, 0.4) is 0 Å². The summed E-state index contributed by atoms with van der Waals surface area (Å²) < 4.78 is 6.13. The zero-order chi connectivity index (χ0) is 16.2. The molecule has 0 aliphatic rings. The summed E-state index contributed by atoms with van der Waals surface area (Å²) in [5.74, 6) is 0. The summed E-state index contributed by atoms with van der Waals surface area (Å²) in [7, 11) is -2.94. The van der Waals surface area contributed by atoms with Crippen molar-refractivity contribution < 1.29 is 9.53 Å². The maximum Gasteiger partial charge on any atom is 0.191 e. The highest BCUT2D eigenvalue weighted by molar-refractivity contribution is 6.83. The van der Waals surface area contributed by atoms with Crippen molar-refractivity contribution in [1.82, 2.24) is 0 Å². The predicted octanol–water partition coefficient (Wildman–Crippen LogP) is 4.97. The van der Waals surface area contributed by atoms with Gasteiger partial charge in [-0.25, -0.2) is 0 Å². The predicted molar refractivity (Wildman–Crippen MR) is 95.5 cm³/mol. The Morgan fingerprint density at radius 1 is 1.15 bits per heavy atom.